The van der Waals surface area contributed by atoms with Gasteiger partial charge in [0.05, 0.1) is 39.6 Å². The number of carbonyl (C=O) groups is 4. The van der Waals surface area contributed by atoms with Crippen molar-refractivity contribution in [3.05, 3.63) is 0 Å². The van der Waals surface area contributed by atoms with Crippen molar-refractivity contribution in [2.75, 3.05) is 39.6 Å². The summed E-state index contributed by atoms with van der Waals surface area (Å²) in [5, 5.41) is 51.9. The molecular weight excluding hydrogens is 694 g/mol. The van der Waals surface area contributed by atoms with E-state index in [1.807, 2.05) is 41.0 Å². The van der Waals surface area contributed by atoms with E-state index in [1.54, 1.807) is 0 Å². The minimum Gasteiger partial charge on any atom is -0.854 e. The summed E-state index contributed by atoms with van der Waals surface area (Å²) in [6.45, 7) is 10.7. The second kappa shape index (κ2) is 54.6. The third-order valence-electron chi connectivity index (χ3n) is 3.51. The van der Waals surface area contributed by atoms with Gasteiger partial charge in [0.1, 0.15) is 27.2 Å². The van der Waals surface area contributed by atoms with Gasteiger partial charge < -0.3 is 96.4 Å². The molecular formula is C16H36O16P2W-6. The molecule has 0 fully saturated rings. The molecule has 0 unspecified atom stereocenters. The van der Waals surface area contributed by atoms with Crippen molar-refractivity contribution < 1.29 is 100 Å². The van der Waals surface area contributed by atoms with Gasteiger partial charge >= 0.3 is 0 Å². The van der Waals surface area contributed by atoms with E-state index >= 15 is 0 Å². The first-order valence-electron chi connectivity index (χ1n) is 8.39. The standard InChI is InChI=1S/2C6H14O3.4CH2O.2O3P.W/c2*1-2-6(3-7,4-8)5-9;4*1-2;2*1-4(2)3;/h2*7-9H,2-5H2,1H3;4*1H2;;;/q;;;;;;2*-3;. The zero-order valence-electron chi connectivity index (χ0n) is 19.6. The van der Waals surface area contributed by atoms with Gasteiger partial charge in [0.2, 0.25) is 0 Å². The molecule has 0 saturated heterocycles. The molecule has 0 saturated carbocycles. The fourth-order valence-corrected chi connectivity index (χ4v) is 0.971. The maximum atomic E-state index is 8.66. The maximum absolute atomic E-state index is 8.66. The van der Waals surface area contributed by atoms with Crippen LogP contribution in [0.15, 0.2) is 0 Å². The quantitative estimate of drug-likeness (QED) is 0.126. The minimum atomic E-state index is -3.37. The van der Waals surface area contributed by atoms with E-state index in [2.05, 4.69) is 0 Å². The summed E-state index contributed by atoms with van der Waals surface area (Å²) < 4.78 is 0. The second-order valence-corrected chi connectivity index (χ2v) is 6.00. The summed E-state index contributed by atoms with van der Waals surface area (Å²) in [5.41, 5.74) is -1.33. The third-order valence-corrected chi connectivity index (χ3v) is 3.51. The monoisotopic (exact) mass is 730 g/mol. The number of hydrogen-bond donors (Lipinski definition) is 6. The first-order valence-corrected chi connectivity index (χ1v) is 10.6. The fourth-order valence-electron chi connectivity index (χ4n) is 0.971. The average Bonchev–Trinajstić information content (AvgIpc) is 2.87. The van der Waals surface area contributed by atoms with Crippen LogP contribution < -0.4 is 29.4 Å². The van der Waals surface area contributed by atoms with Crippen LogP contribution in [0.4, 0.5) is 0 Å². The summed E-state index contributed by atoms with van der Waals surface area (Å²) in [6, 6.07) is 0. The van der Waals surface area contributed by atoms with Crippen molar-refractivity contribution in [2.24, 2.45) is 10.8 Å². The van der Waals surface area contributed by atoms with Crippen LogP contribution in [0.1, 0.15) is 26.7 Å². The van der Waals surface area contributed by atoms with E-state index in [4.69, 9.17) is 79.2 Å². The minimum absolute atomic E-state index is 0. The number of rotatable bonds is 8. The Morgan fingerprint density at radius 2 is 0.571 bits per heavy atom. The summed E-state index contributed by atoms with van der Waals surface area (Å²) in [6.07, 6.45) is 1.19. The van der Waals surface area contributed by atoms with Gasteiger partial charge in [0.15, 0.2) is 0 Å². The smallest absolute Gasteiger partial charge is 0.106 e. The molecule has 0 amide bonds. The van der Waals surface area contributed by atoms with Crippen LogP contribution in [-0.4, -0.2) is 97.4 Å². The third kappa shape index (κ3) is 60.3. The molecule has 0 aliphatic carbocycles. The van der Waals surface area contributed by atoms with Crippen molar-refractivity contribution in [3.63, 3.8) is 0 Å². The molecule has 0 aromatic rings. The molecule has 0 aliphatic heterocycles. The van der Waals surface area contributed by atoms with Crippen molar-refractivity contribution in [2.45, 2.75) is 26.7 Å². The number of hydrogen-bond acceptors (Lipinski definition) is 16. The molecule has 0 atom stereocenters. The van der Waals surface area contributed by atoms with Gasteiger partial charge in [-0.2, -0.15) is 0 Å². The maximum Gasteiger partial charge on any atom is 0.106 e. The Labute approximate surface area is 221 Å². The molecule has 0 aliphatic rings. The summed E-state index contributed by atoms with van der Waals surface area (Å²) in [7, 11) is -6.74. The van der Waals surface area contributed by atoms with Crippen LogP contribution in [0.25, 0.3) is 0 Å². The van der Waals surface area contributed by atoms with E-state index in [0.717, 1.165) is 0 Å². The van der Waals surface area contributed by atoms with Gasteiger partial charge in [-0.1, -0.05) is 13.8 Å². The molecule has 0 rings (SSSR count). The van der Waals surface area contributed by atoms with Crippen molar-refractivity contribution in [1.82, 2.24) is 0 Å². The van der Waals surface area contributed by atoms with E-state index < -0.39 is 28.0 Å². The number of aliphatic hydroxyl groups excluding tert-OH is 6. The molecule has 6 N–H and O–H groups in total. The van der Waals surface area contributed by atoms with Gasteiger partial charge in [-0.05, 0) is 12.8 Å². The van der Waals surface area contributed by atoms with Gasteiger partial charge in [-0.3, -0.25) is 0 Å². The molecule has 0 spiro atoms. The Balaban J connectivity index is -0.0000000345. The Hall–Kier alpha value is -0.252. The van der Waals surface area contributed by atoms with E-state index in [9.17, 15) is 0 Å². The molecule has 0 radical (unpaired) electrons. The normalized spacial score (nSPS) is 8.69. The number of aliphatic hydroxyl groups is 6. The molecule has 0 aromatic carbocycles. The average molecular weight is 730 g/mol. The zero-order valence-corrected chi connectivity index (χ0v) is 24.3. The molecule has 0 bridgehead atoms. The Morgan fingerprint density at radius 1 is 0.486 bits per heavy atom. The fraction of sp³-hybridized carbons (Fsp3) is 0.750. The van der Waals surface area contributed by atoms with Crippen molar-refractivity contribution in [1.29, 1.82) is 0 Å². The first kappa shape index (κ1) is 59.7. The zero-order chi connectivity index (χ0) is 29.8. The SMILES string of the molecule is C=O.C=O.C=O.C=O.CCC(CO)(CO)CO.CCC(CO)(CO)CO.[O-]P([O-])[O-].[O-]P([O-])[O-].[W]. The summed E-state index contributed by atoms with van der Waals surface area (Å²) >= 11 is 0. The van der Waals surface area contributed by atoms with Crippen LogP contribution in [0.3, 0.4) is 0 Å². The largest absolute Gasteiger partial charge is 0.854 e. The summed E-state index contributed by atoms with van der Waals surface area (Å²) in [4.78, 5) is 82.9. The van der Waals surface area contributed by atoms with E-state index in [0.29, 0.717) is 12.8 Å². The Morgan fingerprint density at radius 3 is 0.571 bits per heavy atom. The molecule has 19 heteroatoms. The van der Waals surface area contributed by atoms with Crippen molar-refractivity contribution in [3.8, 4) is 0 Å². The predicted molar refractivity (Wildman–Crippen MR) is 110 cm³/mol. The first-order chi connectivity index (χ1) is 15.9. The molecule has 218 valence electrons. The van der Waals surface area contributed by atoms with Crippen molar-refractivity contribution >= 4 is 44.4 Å². The van der Waals surface area contributed by atoms with Gasteiger partial charge in [-0.15, -0.1) is 0 Å². The summed E-state index contributed by atoms with van der Waals surface area (Å²) in [5.74, 6) is 0. The van der Waals surface area contributed by atoms with Crippen LogP contribution in [0, 0.1) is 10.8 Å². The molecule has 0 heterocycles. The van der Waals surface area contributed by atoms with E-state index in [1.165, 1.54) is 0 Å². The topological polar surface area (TPSA) is 328 Å². The van der Waals surface area contributed by atoms with Gasteiger partial charge in [0, 0.05) is 31.9 Å². The Kier molecular flexibility index (Phi) is 93.1. The van der Waals surface area contributed by atoms with Crippen LogP contribution in [0.5, 0.6) is 0 Å². The second-order valence-electron chi connectivity index (χ2n) is 5.10. The number of carbonyl (C=O) groups excluding carboxylic acids is 4. The predicted octanol–water partition coefficient (Wildman–Crippen LogP) is -7.43. The van der Waals surface area contributed by atoms with Crippen LogP contribution >= 0.6 is 17.2 Å². The van der Waals surface area contributed by atoms with Crippen LogP contribution in [0.2, 0.25) is 0 Å². The Bertz CT molecular complexity index is 253. The molecule has 35 heavy (non-hydrogen) atoms. The van der Waals surface area contributed by atoms with Gasteiger partial charge in [0.25, 0.3) is 0 Å². The van der Waals surface area contributed by atoms with E-state index in [-0.39, 0.29) is 60.7 Å². The molecule has 16 nitrogen and oxygen atoms in total. The van der Waals surface area contributed by atoms with Gasteiger partial charge in [-0.25, -0.2) is 0 Å². The molecule has 0 aromatic heterocycles. The van der Waals surface area contributed by atoms with Crippen LogP contribution in [-0.2, 0) is 40.2 Å².